The molecule has 5 rings (SSSR count). The predicted molar refractivity (Wildman–Crippen MR) is 153 cm³/mol. The van der Waals surface area contributed by atoms with E-state index in [-0.39, 0.29) is 61.0 Å². The zero-order chi connectivity index (χ0) is 27.2. The van der Waals surface area contributed by atoms with Crippen LogP contribution in [0.5, 0.6) is 0 Å². The summed E-state index contributed by atoms with van der Waals surface area (Å²) in [6.45, 7) is 6.35. The van der Waals surface area contributed by atoms with E-state index in [2.05, 4.69) is 20.5 Å². The van der Waals surface area contributed by atoms with Crippen molar-refractivity contribution in [1.82, 2.24) is 29.8 Å². The highest BCUT2D eigenvalue weighted by molar-refractivity contribution is 5.98. The van der Waals surface area contributed by atoms with Crippen molar-refractivity contribution in [2.75, 3.05) is 13.1 Å². The minimum absolute atomic E-state index is 0. The molecule has 4 heterocycles. The number of nitrogens with two attached hydrogens (primary N) is 1. The Morgan fingerprint density at radius 1 is 1.12 bits per heavy atom. The van der Waals surface area contributed by atoms with E-state index in [1.165, 1.54) is 27.6 Å². The van der Waals surface area contributed by atoms with E-state index in [1.54, 1.807) is 18.2 Å². The highest BCUT2D eigenvalue weighted by Crippen LogP contribution is 2.39. The first-order chi connectivity index (χ1) is 17.9. The molecule has 0 saturated carbocycles. The number of amides is 1. The molecular weight excluding hydrogens is 566 g/mol. The number of halogens is 5. The molecule has 216 valence electrons. The van der Waals surface area contributed by atoms with Gasteiger partial charge in [-0.15, -0.1) is 35.0 Å². The minimum Gasteiger partial charge on any atom is -0.347 e. The molecule has 0 unspecified atom stereocenters. The number of rotatable bonds is 6. The van der Waals surface area contributed by atoms with E-state index in [4.69, 9.17) is 5.73 Å². The third kappa shape index (κ3) is 6.33. The fourth-order valence-electron chi connectivity index (χ4n) is 4.75. The Morgan fingerprint density at radius 2 is 1.85 bits per heavy atom. The molecule has 0 aliphatic carbocycles. The van der Waals surface area contributed by atoms with E-state index in [1.807, 2.05) is 32.9 Å². The van der Waals surface area contributed by atoms with Gasteiger partial charge in [-0.25, -0.2) is 4.98 Å². The Bertz CT molecular complexity index is 1510. The fourth-order valence-corrected chi connectivity index (χ4v) is 4.75. The molecule has 3 aromatic heterocycles. The lowest BCUT2D eigenvalue weighted by atomic mass is 10.0. The van der Waals surface area contributed by atoms with Crippen LogP contribution < -0.4 is 11.1 Å². The summed E-state index contributed by atoms with van der Waals surface area (Å²) in [5.41, 5.74) is 7.50. The maximum absolute atomic E-state index is 14.2. The van der Waals surface area contributed by atoms with Crippen molar-refractivity contribution < 1.29 is 18.0 Å². The van der Waals surface area contributed by atoms with Gasteiger partial charge in [0.15, 0.2) is 11.5 Å². The number of benzene rings is 1. The van der Waals surface area contributed by atoms with Crippen molar-refractivity contribution in [3.8, 4) is 11.5 Å². The third-order valence-corrected chi connectivity index (χ3v) is 7.19. The Hall–Kier alpha value is -2.99. The smallest absolute Gasteiger partial charge is 0.347 e. The number of carbonyl (C=O) groups is 1. The molecule has 40 heavy (non-hydrogen) atoms. The number of carbonyl (C=O) groups excluding carboxylic acids is 1. The molecule has 0 radical (unpaired) electrons. The number of aromatic nitrogens is 4. The Labute approximate surface area is 242 Å². The van der Waals surface area contributed by atoms with Crippen molar-refractivity contribution in [2.45, 2.75) is 57.4 Å². The standard InChI is InChI=1S/C27H30F3N7O.2ClH/c1-4-26(2,3)33-25(38)17-6-5-16-7-9-20(32-21(16)13-17)24-35-34-22-10-8-18(14-37(22)24)23(27(28,29)30)36-12-11-19(31)15-36;;/h5-10,13-14,19,23H,4,11-12,15,31H2,1-3H3,(H,33,38);2*1H/t19-,23-;;/m1../s1. The molecular formula is C27H32Cl2F3N7O. The van der Waals surface area contributed by atoms with Crippen LogP contribution in [0.1, 0.15) is 55.6 Å². The average molecular weight is 599 g/mol. The van der Waals surface area contributed by atoms with Crippen LogP contribution in [0.15, 0.2) is 48.7 Å². The molecule has 2 atom stereocenters. The van der Waals surface area contributed by atoms with Crippen LogP contribution in [0.4, 0.5) is 13.2 Å². The summed E-state index contributed by atoms with van der Waals surface area (Å²) >= 11 is 0. The van der Waals surface area contributed by atoms with Crippen LogP contribution in [0, 0.1) is 0 Å². The van der Waals surface area contributed by atoms with Crippen molar-refractivity contribution >= 4 is 47.3 Å². The van der Waals surface area contributed by atoms with Crippen LogP contribution in [-0.4, -0.2) is 61.2 Å². The van der Waals surface area contributed by atoms with Crippen LogP contribution in [0.3, 0.4) is 0 Å². The summed E-state index contributed by atoms with van der Waals surface area (Å²) in [4.78, 5) is 18.9. The number of pyridine rings is 2. The first-order valence-electron chi connectivity index (χ1n) is 12.6. The second kappa shape index (κ2) is 11.9. The molecule has 4 aromatic rings. The molecule has 1 aromatic carbocycles. The maximum Gasteiger partial charge on any atom is 0.408 e. The molecule has 1 aliphatic rings. The Balaban J connectivity index is 0.00000220. The normalized spacial score (nSPS) is 16.9. The van der Waals surface area contributed by atoms with Crippen LogP contribution >= 0.6 is 24.8 Å². The summed E-state index contributed by atoms with van der Waals surface area (Å²) in [5.74, 6) is 0.105. The molecule has 13 heteroatoms. The van der Waals surface area contributed by atoms with Crippen molar-refractivity contribution in [2.24, 2.45) is 5.73 Å². The lowest BCUT2D eigenvalue weighted by molar-refractivity contribution is -0.183. The summed E-state index contributed by atoms with van der Waals surface area (Å²) in [6, 6.07) is 9.73. The summed E-state index contributed by atoms with van der Waals surface area (Å²) in [7, 11) is 0. The van der Waals surface area contributed by atoms with E-state index < -0.39 is 12.2 Å². The van der Waals surface area contributed by atoms with Crippen LogP contribution in [0.25, 0.3) is 28.1 Å². The number of nitrogens with zero attached hydrogens (tertiary/aromatic N) is 5. The van der Waals surface area contributed by atoms with Crippen molar-refractivity contribution in [3.63, 3.8) is 0 Å². The highest BCUT2D eigenvalue weighted by Gasteiger charge is 2.46. The van der Waals surface area contributed by atoms with Gasteiger partial charge in [-0.05, 0) is 56.5 Å². The summed E-state index contributed by atoms with van der Waals surface area (Å²) in [5, 5.41) is 12.2. The minimum atomic E-state index is -4.48. The van der Waals surface area contributed by atoms with E-state index in [9.17, 15) is 18.0 Å². The van der Waals surface area contributed by atoms with Gasteiger partial charge in [-0.2, -0.15) is 13.2 Å². The highest BCUT2D eigenvalue weighted by atomic mass is 35.5. The summed E-state index contributed by atoms with van der Waals surface area (Å²) < 4.78 is 44.0. The van der Waals surface area contributed by atoms with Gasteiger partial charge in [0.2, 0.25) is 0 Å². The van der Waals surface area contributed by atoms with Gasteiger partial charge < -0.3 is 11.1 Å². The van der Waals surface area contributed by atoms with Gasteiger partial charge in [-0.1, -0.05) is 25.1 Å². The average Bonchev–Trinajstić information content (AvgIpc) is 3.48. The lowest BCUT2D eigenvalue weighted by Crippen LogP contribution is -2.42. The van der Waals surface area contributed by atoms with Crippen molar-refractivity contribution in [1.29, 1.82) is 0 Å². The predicted octanol–water partition coefficient (Wildman–Crippen LogP) is 5.34. The SMILES string of the molecule is CCC(C)(C)NC(=O)c1ccc2ccc(-c3nnc4ccc([C@@H](N5CC[C@@H](N)C5)C(F)(F)F)cn34)nc2c1.Cl.Cl. The molecule has 1 aliphatic heterocycles. The van der Waals surface area contributed by atoms with Gasteiger partial charge in [0, 0.05) is 41.8 Å². The molecule has 3 N–H and O–H groups in total. The second-order valence-corrected chi connectivity index (χ2v) is 10.5. The number of hydrogen-bond acceptors (Lipinski definition) is 6. The van der Waals surface area contributed by atoms with Crippen molar-refractivity contribution in [3.05, 3.63) is 59.8 Å². The van der Waals surface area contributed by atoms with Crippen LogP contribution in [0.2, 0.25) is 0 Å². The number of nitrogens with one attached hydrogen (secondary N) is 1. The summed E-state index contributed by atoms with van der Waals surface area (Å²) in [6.07, 6.45) is -1.76. The Kier molecular flexibility index (Phi) is 9.35. The van der Waals surface area contributed by atoms with Gasteiger partial charge in [0.1, 0.15) is 11.7 Å². The molecule has 1 fully saturated rings. The molecule has 0 bridgehead atoms. The number of likely N-dealkylation sites (tertiary alicyclic amines) is 1. The van der Waals surface area contributed by atoms with E-state index >= 15 is 0 Å². The monoisotopic (exact) mass is 597 g/mol. The van der Waals surface area contributed by atoms with Gasteiger partial charge >= 0.3 is 6.18 Å². The van der Waals surface area contributed by atoms with E-state index in [0.717, 1.165) is 11.8 Å². The Morgan fingerprint density at radius 3 is 2.50 bits per heavy atom. The van der Waals surface area contributed by atoms with Gasteiger partial charge in [0.25, 0.3) is 5.91 Å². The third-order valence-electron chi connectivity index (χ3n) is 7.19. The number of hydrogen-bond donors (Lipinski definition) is 2. The van der Waals surface area contributed by atoms with Crippen LogP contribution in [-0.2, 0) is 0 Å². The molecule has 1 saturated heterocycles. The first kappa shape index (κ1) is 31.5. The molecule has 8 nitrogen and oxygen atoms in total. The maximum atomic E-state index is 14.2. The largest absolute Gasteiger partial charge is 0.408 e. The topological polar surface area (TPSA) is 101 Å². The van der Waals surface area contributed by atoms with Gasteiger partial charge in [0.05, 0.1) is 5.52 Å². The molecule has 1 amide bonds. The second-order valence-electron chi connectivity index (χ2n) is 10.5. The first-order valence-corrected chi connectivity index (χ1v) is 12.6. The molecule has 0 spiro atoms. The zero-order valence-electron chi connectivity index (χ0n) is 22.3. The number of fused-ring (bicyclic) bond motifs is 2. The fraction of sp³-hybridized carbons (Fsp3) is 0.407. The zero-order valence-corrected chi connectivity index (χ0v) is 23.9. The number of alkyl halides is 3. The van der Waals surface area contributed by atoms with Gasteiger partial charge in [-0.3, -0.25) is 14.1 Å². The van der Waals surface area contributed by atoms with E-state index in [0.29, 0.717) is 34.7 Å². The lowest BCUT2D eigenvalue weighted by Gasteiger charge is -2.30. The quantitative estimate of drug-likeness (QED) is 0.311.